The molecule has 0 saturated carbocycles. The number of Topliss-reactive ketones (excluding diaryl/α,β-unsaturated/α-hetero) is 1. The summed E-state index contributed by atoms with van der Waals surface area (Å²) < 4.78 is 19.0. The van der Waals surface area contributed by atoms with Crippen LogP contribution >= 0.6 is 15.9 Å². The van der Waals surface area contributed by atoms with Gasteiger partial charge in [0.1, 0.15) is 11.7 Å². The molecule has 3 atom stereocenters. The third kappa shape index (κ3) is 2.99. The number of H-pyrrole nitrogens is 1. The Morgan fingerprint density at radius 3 is 2.83 bits per heavy atom. The van der Waals surface area contributed by atoms with Gasteiger partial charge >= 0.3 is 5.97 Å². The molecule has 2 aliphatic heterocycles. The number of halogens is 2. The van der Waals surface area contributed by atoms with Gasteiger partial charge in [0, 0.05) is 23.1 Å². The van der Waals surface area contributed by atoms with Crippen molar-refractivity contribution in [3.63, 3.8) is 0 Å². The molecule has 2 bridgehead atoms. The number of carbonyl (C=O) groups excluding carboxylic acids is 2. The van der Waals surface area contributed by atoms with E-state index < -0.39 is 17.9 Å². The molecule has 0 spiro atoms. The summed E-state index contributed by atoms with van der Waals surface area (Å²) in [5.41, 5.74) is 4.13. The van der Waals surface area contributed by atoms with Gasteiger partial charge in [0.25, 0.3) is 0 Å². The second-order valence-corrected chi connectivity index (χ2v) is 8.79. The number of piperidine rings is 1. The minimum atomic E-state index is -0.763. The van der Waals surface area contributed by atoms with Gasteiger partial charge in [0.2, 0.25) is 0 Å². The van der Waals surface area contributed by atoms with Gasteiger partial charge < -0.3 is 9.72 Å². The van der Waals surface area contributed by atoms with Crippen LogP contribution < -0.4 is 0 Å². The number of hydrogen-bond donors (Lipinski definition) is 1. The van der Waals surface area contributed by atoms with Crippen LogP contribution in [0.2, 0.25) is 0 Å². The Morgan fingerprint density at radius 2 is 2.07 bits per heavy atom. The van der Waals surface area contributed by atoms with Crippen molar-refractivity contribution in [2.24, 2.45) is 5.92 Å². The van der Waals surface area contributed by atoms with Gasteiger partial charge in [0.15, 0.2) is 5.78 Å². The highest BCUT2D eigenvalue weighted by molar-refractivity contribution is 9.10. The molecule has 5 rings (SSSR count). The average molecular weight is 471 g/mol. The van der Waals surface area contributed by atoms with Crippen LogP contribution in [0.1, 0.15) is 29.3 Å². The lowest BCUT2D eigenvalue weighted by atomic mass is 9.76. The smallest absolute Gasteiger partial charge is 0.316 e. The fraction of sp³-hybridized carbons (Fsp3) is 0.304. The Labute approximate surface area is 181 Å². The molecule has 1 saturated heterocycles. The van der Waals surface area contributed by atoms with E-state index in [9.17, 15) is 14.0 Å². The molecule has 154 valence electrons. The Hall–Kier alpha value is -2.51. The molecule has 7 heteroatoms. The van der Waals surface area contributed by atoms with E-state index in [-0.39, 0.29) is 17.6 Å². The Morgan fingerprint density at radius 1 is 1.27 bits per heavy atom. The van der Waals surface area contributed by atoms with Crippen molar-refractivity contribution >= 4 is 38.6 Å². The number of nitrogens with one attached hydrogen (secondary N) is 1. The maximum absolute atomic E-state index is 13.7. The highest BCUT2D eigenvalue weighted by Gasteiger charge is 2.50. The minimum Gasteiger partial charge on any atom is -0.468 e. The highest BCUT2D eigenvalue weighted by Crippen LogP contribution is 2.45. The van der Waals surface area contributed by atoms with Gasteiger partial charge in [0.05, 0.1) is 23.7 Å². The van der Waals surface area contributed by atoms with Crippen LogP contribution in [0.25, 0.3) is 10.9 Å². The highest BCUT2D eigenvalue weighted by atomic mass is 79.9. The number of aromatic nitrogens is 1. The molecule has 1 N–H and O–H groups in total. The lowest BCUT2D eigenvalue weighted by molar-refractivity contribution is -0.156. The number of rotatable bonds is 3. The van der Waals surface area contributed by atoms with Crippen molar-refractivity contribution in [3.8, 4) is 0 Å². The molecule has 3 aromatic rings. The Bertz CT molecular complexity index is 1170. The average Bonchev–Trinajstić information content (AvgIpc) is 3.11. The van der Waals surface area contributed by atoms with E-state index in [1.165, 1.54) is 13.2 Å². The minimum absolute atomic E-state index is 0.102. The van der Waals surface area contributed by atoms with Gasteiger partial charge in [-0.2, -0.15) is 0 Å². The van der Waals surface area contributed by atoms with Gasteiger partial charge in [-0.3, -0.25) is 14.5 Å². The number of para-hydroxylation sites is 1. The van der Waals surface area contributed by atoms with Crippen LogP contribution in [0.3, 0.4) is 0 Å². The van der Waals surface area contributed by atoms with Crippen molar-refractivity contribution < 1.29 is 18.7 Å². The summed E-state index contributed by atoms with van der Waals surface area (Å²) in [6.07, 6.45) is 0.898. The van der Waals surface area contributed by atoms with Crippen molar-refractivity contribution in [3.05, 3.63) is 69.6 Å². The van der Waals surface area contributed by atoms with Gasteiger partial charge in [-0.05, 0) is 58.1 Å². The first kappa shape index (κ1) is 19.5. The fourth-order valence-electron chi connectivity index (χ4n) is 4.93. The summed E-state index contributed by atoms with van der Waals surface area (Å²) >= 11 is 3.24. The number of fused-ring (bicyclic) bond motifs is 6. The second kappa shape index (κ2) is 7.32. The van der Waals surface area contributed by atoms with Crippen molar-refractivity contribution in [2.75, 3.05) is 7.11 Å². The largest absolute Gasteiger partial charge is 0.468 e. The van der Waals surface area contributed by atoms with Gasteiger partial charge in [-0.15, -0.1) is 0 Å². The summed E-state index contributed by atoms with van der Waals surface area (Å²) in [5.74, 6) is -1.66. The molecule has 30 heavy (non-hydrogen) atoms. The molecule has 5 nitrogen and oxygen atoms in total. The lowest BCUT2D eigenvalue weighted by Gasteiger charge is -2.46. The lowest BCUT2D eigenvalue weighted by Crippen LogP contribution is -2.56. The van der Waals surface area contributed by atoms with E-state index in [4.69, 9.17) is 4.74 Å². The summed E-state index contributed by atoms with van der Waals surface area (Å²) in [7, 11) is 1.32. The van der Waals surface area contributed by atoms with Crippen LogP contribution in [0.15, 0.2) is 46.9 Å². The van der Waals surface area contributed by atoms with Crippen LogP contribution in [0, 0.1) is 11.7 Å². The Kier molecular flexibility index (Phi) is 4.75. The van der Waals surface area contributed by atoms with Gasteiger partial charge in [-0.1, -0.05) is 24.3 Å². The van der Waals surface area contributed by atoms with Crippen molar-refractivity contribution in [1.29, 1.82) is 0 Å². The third-order valence-electron chi connectivity index (χ3n) is 6.34. The predicted octanol–water partition coefficient (Wildman–Crippen LogP) is 4.30. The van der Waals surface area contributed by atoms with E-state index in [1.807, 2.05) is 18.2 Å². The van der Waals surface area contributed by atoms with E-state index in [0.29, 0.717) is 23.9 Å². The van der Waals surface area contributed by atoms with E-state index in [0.717, 1.165) is 27.7 Å². The quantitative estimate of drug-likeness (QED) is 0.457. The number of ketones is 1. The number of aromatic amines is 1. The Balaban J connectivity index is 1.60. The first-order valence-corrected chi connectivity index (χ1v) is 10.7. The number of benzene rings is 2. The molecule has 2 aliphatic rings. The molecule has 2 aromatic carbocycles. The third-order valence-corrected chi connectivity index (χ3v) is 6.95. The standard InChI is InChI=1S/C23H20BrFN2O3/c1-30-23(29)15-10-19-21-14(13-4-2-3-5-18(13)26-21)9-20(22(15)28)27(19)11-12-6-7-17(25)16(24)8-12/h2-8,15,19-20,26H,9-11H2,1H3. The molecule has 3 heterocycles. The molecular weight excluding hydrogens is 451 g/mol. The van der Waals surface area contributed by atoms with Crippen LogP contribution in [0.4, 0.5) is 4.39 Å². The molecule has 0 radical (unpaired) electrons. The monoisotopic (exact) mass is 470 g/mol. The molecule has 0 aliphatic carbocycles. The number of esters is 1. The van der Waals surface area contributed by atoms with Crippen molar-refractivity contribution in [2.45, 2.75) is 31.5 Å². The van der Waals surface area contributed by atoms with Crippen LogP contribution in [-0.2, 0) is 27.3 Å². The number of carbonyl (C=O) groups is 2. The second-order valence-electron chi connectivity index (χ2n) is 7.93. The predicted molar refractivity (Wildman–Crippen MR) is 113 cm³/mol. The normalized spacial score (nSPS) is 23.4. The molecular formula is C23H20BrFN2O3. The zero-order valence-corrected chi connectivity index (χ0v) is 17.9. The van der Waals surface area contributed by atoms with Crippen molar-refractivity contribution in [1.82, 2.24) is 9.88 Å². The molecule has 1 fully saturated rings. The SMILES string of the molecule is COC(=O)C1CC2c3[nH]c4ccccc4c3CC(C1=O)N2Cc1ccc(F)c(Br)c1. The number of ether oxygens (including phenoxy) is 1. The number of hydrogen-bond acceptors (Lipinski definition) is 4. The zero-order chi connectivity index (χ0) is 21.0. The first-order chi connectivity index (χ1) is 14.5. The topological polar surface area (TPSA) is 62.4 Å². The first-order valence-electron chi connectivity index (χ1n) is 9.88. The summed E-state index contributed by atoms with van der Waals surface area (Å²) in [5, 5.41) is 1.12. The fourth-order valence-corrected chi connectivity index (χ4v) is 5.36. The summed E-state index contributed by atoms with van der Waals surface area (Å²) in [6, 6.07) is 12.4. The van der Waals surface area contributed by atoms with Gasteiger partial charge in [-0.25, -0.2) is 4.39 Å². The van der Waals surface area contributed by atoms with E-state index in [2.05, 4.69) is 31.9 Å². The van der Waals surface area contributed by atoms with E-state index in [1.54, 1.807) is 12.1 Å². The number of nitrogens with zero attached hydrogens (tertiary/aromatic N) is 1. The van der Waals surface area contributed by atoms with Crippen LogP contribution in [-0.4, -0.2) is 34.8 Å². The molecule has 0 amide bonds. The summed E-state index contributed by atoms with van der Waals surface area (Å²) in [6.45, 7) is 0.489. The maximum atomic E-state index is 13.7. The van der Waals surface area contributed by atoms with Crippen LogP contribution in [0.5, 0.6) is 0 Å². The summed E-state index contributed by atoms with van der Waals surface area (Å²) in [4.78, 5) is 31.3. The maximum Gasteiger partial charge on any atom is 0.316 e. The molecule has 3 unspecified atom stereocenters. The zero-order valence-electron chi connectivity index (χ0n) is 16.3. The molecule has 1 aromatic heterocycles. The number of methoxy groups -OCH3 is 1. The van der Waals surface area contributed by atoms with E-state index >= 15 is 0 Å².